The van der Waals surface area contributed by atoms with E-state index in [4.69, 9.17) is 0 Å². The van der Waals surface area contributed by atoms with Gasteiger partial charge >= 0.3 is 6.03 Å². The van der Waals surface area contributed by atoms with Crippen molar-refractivity contribution in [3.8, 4) is 0 Å². The molecular weight excluding hydrogens is 277 g/mol. The predicted molar refractivity (Wildman–Crippen MR) is 78.5 cm³/mol. The van der Waals surface area contributed by atoms with Gasteiger partial charge in [0.1, 0.15) is 5.82 Å². The van der Waals surface area contributed by atoms with Crippen LogP contribution in [0.3, 0.4) is 0 Å². The Morgan fingerprint density at radius 1 is 1.45 bits per heavy atom. The second-order valence-electron chi connectivity index (χ2n) is 4.66. The molecule has 0 aliphatic rings. The highest BCUT2D eigenvalue weighted by molar-refractivity contribution is 7.15. The van der Waals surface area contributed by atoms with E-state index in [0.717, 1.165) is 4.88 Å². The zero-order valence-electron chi connectivity index (χ0n) is 11.3. The van der Waals surface area contributed by atoms with Crippen molar-refractivity contribution < 1.29 is 9.18 Å². The highest BCUT2D eigenvalue weighted by Crippen LogP contribution is 2.24. The summed E-state index contributed by atoms with van der Waals surface area (Å²) in [5.74, 6) is 0.0737. The number of urea groups is 1. The number of nitrogens with one attached hydrogen (secondary N) is 2. The van der Waals surface area contributed by atoms with E-state index < -0.39 is 0 Å². The summed E-state index contributed by atoms with van der Waals surface area (Å²) >= 11 is 1.45. The zero-order valence-corrected chi connectivity index (χ0v) is 12.1. The summed E-state index contributed by atoms with van der Waals surface area (Å²) in [4.78, 5) is 16.9. The molecular formula is C14H16FN3OS. The molecule has 0 saturated heterocycles. The summed E-state index contributed by atoms with van der Waals surface area (Å²) in [5.41, 5.74) is 0.710. The summed E-state index contributed by atoms with van der Waals surface area (Å²) in [6, 6.07) is 5.77. The van der Waals surface area contributed by atoms with Gasteiger partial charge in [-0.15, -0.1) is 11.3 Å². The number of anilines is 1. The number of rotatable bonds is 4. The molecule has 1 aromatic carbocycles. The van der Waals surface area contributed by atoms with E-state index in [9.17, 15) is 9.18 Å². The fraction of sp³-hybridized carbons (Fsp3) is 0.286. The predicted octanol–water partition coefficient (Wildman–Crippen LogP) is 3.73. The smallest absolute Gasteiger partial charge is 0.321 e. The van der Waals surface area contributed by atoms with E-state index >= 15 is 0 Å². The molecule has 0 atom stereocenters. The van der Waals surface area contributed by atoms with Gasteiger partial charge in [0.25, 0.3) is 0 Å². The van der Waals surface area contributed by atoms with Gasteiger partial charge in [0.2, 0.25) is 0 Å². The zero-order chi connectivity index (χ0) is 14.5. The maximum atomic E-state index is 13.0. The third-order valence-corrected chi connectivity index (χ3v) is 3.87. The molecule has 0 unspecified atom stereocenters. The Kier molecular flexibility index (Phi) is 4.68. The number of carbonyl (C=O) groups excluding carboxylic acids is 1. The lowest BCUT2D eigenvalue weighted by Crippen LogP contribution is -2.28. The molecule has 20 heavy (non-hydrogen) atoms. The Labute approximate surface area is 121 Å². The Balaban J connectivity index is 1.86. The van der Waals surface area contributed by atoms with Crippen LogP contribution in [-0.4, -0.2) is 11.0 Å². The van der Waals surface area contributed by atoms with E-state index in [-0.39, 0.29) is 18.4 Å². The van der Waals surface area contributed by atoms with Gasteiger partial charge in [-0.3, -0.25) is 5.32 Å². The first kappa shape index (κ1) is 14.5. The van der Waals surface area contributed by atoms with Gasteiger partial charge in [-0.05, 0) is 23.6 Å². The van der Waals surface area contributed by atoms with Crippen molar-refractivity contribution >= 4 is 22.5 Å². The minimum absolute atomic E-state index is 0.270. The molecule has 2 rings (SSSR count). The summed E-state index contributed by atoms with van der Waals surface area (Å²) in [7, 11) is 0. The second-order valence-corrected chi connectivity index (χ2v) is 5.72. The van der Waals surface area contributed by atoms with Crippen molar-refractivity contribution in [2.75, 3.05) is 5.32 Å². The van der Waals surface area contributed by atoms with Crippen LogP contribution >= 0.6 is 11.3 Å². The number of benzene rings is 1. The molecule has 0 fully saturated rings. The van der Waals surface area contributed by atoms with Gasteiger partial charge in [-0.1, -0.05) is 26.0 Å². The lowest BCUT2D eigenvalue weighted by atomic mass is 10.2. The number of hydrogen-bond donors (Lipinski definition) is 2. The number of hydrogen-bond acceptors (Lipinski definition) is 3. The van der Waals surface area contributed by atoms with Crippen molar-refractivity contribution in [3.05, 3.63) is 46.7 Å². The summed E-state index contributed by atoms with van der Waals surface area (Å²) in [6.45, 7) is 4.41. The molecule has 0 aliphatic heterocycles. The van der Waals surface area contributed by atoms with E-state index in [0.29, 0.717) is 16.6 Å². The highest BCUT2D eigenvalue weighted by atomic mass is 32.1. The lowest BCUT2D eigenvalue weighted by molar-refractivity contribution is 0.251. The molecule has 2 aromatic rings. The molecule has 1 heterocycles. The summed E-state index contributed by atoms with van der Waals surface area (Å²) in [5, 5.41) is 5.89. The van der Waals surface area contributed by atoms with Crippen LogP contribution < -0.4 is 10.6 Å². The topological polar surface area (TPSA) is 54.0 Å². The summed E-state index contributed by atoms with van der Waals surface area (Å²) < 4.78 is 13.0. The monoisotopic (exact) mass is 293 g/mol. The number of thiazole rings is 1. The average Bonchev–Trinajstić information content (AvgIpc) is 2.85. The van der Waals surface area contributed by atoms with Crippen molar-refractivity contribution in [1.29, 1.82) is 0 Å². The molecule has 0 radical (unpaired) electrons. The standard InChI is InChI=1S/C14H16FN3OS/c1-9(2)12-8-17-14(20-12)18-13(19)16-7-10-4-3-5-11(15)6-10/h3-6,8-9H,7H2,1-2H3,(H2,16,17,18,19). The largest absolute Gasteiger partial charge is 0.334 e. The van der Waals surface area contributed by atoms with Crippen LogP contribution in [0.1, 0.15) is 30.2 Å². The fourth-order valence-corrected chi connectivity index (χ4v) is 2.40. The van der Waals surface area contributed by atoms with Crippen LogP contribution in [0.25, 0.3) is 0 Å². The third-order valence-electron chi connectivity index (χ3n) is 2.66. The van der Waals surface area contributed by atoms with Gasteiger partial charge in [-0.25, -0.2) is 14.2 Å². The molecule has 2 amide bonds. The quantitative estimate of drug-likeness (QED) is 0.902. The number of carbonyl (C=O) groups is 1. The van der Waals surface area contributed by atoms with Gasteiger partial charge in [-0.2, -0.15) is 0 Å². The minimum Gasteiger partial charge on any atom is -0.334 e. The van der Waals surface area contributed by atoms with Crippen LogP contribution in [0.5, 0.6) is 0 Å². The van der Waals surface area contributed by atoms with Crippen LogP contribution in [0, 0.1) is 5.82 Å². The fourth-order valence-electron chi connectivity index (χ4n) is 1.58. The number of nitrogens with zero attached hydrogens (tertiary/aromatic N) is 1. The average molecular weight is 293 g/mol. The van der Waals surface area contributed by atoms with Crippen molar-refractivity contribution in [3.63, 3.8) is 0 Å². The van der Waals surface area contributed by atoms with E-state index in [2.05, 4.69) is 29.5 Å². The Hall–Kier alpha value is -1.95. The maximum absolute atomic E-state index is 13.0. The molecule has 0 bridgehead atoms. The van der Waals surface area contributed by atoms with Gasteiger partial charge in [0.05, 0.1) is 0 Å². The number of amides is 2. The Morgan fingerprint density at radius 2 is 2.25 bits per heavy atom. The number of halogens is 1. The lowest BCUT2D eigenvalue weighted by Gasteiger charge is -2.05. The maximum Gasteiger partial charge on any atom is 0.321 e. The molecule has 0 spiro atoms. The first-order chi connectivity index (χ1) is 9.54. The second kappa shape index (κ2) is 6.47. The third kappa shape index (κ3) is 4.03. The van der Waals surface area contributed by atoms with Gasteiger partial charge in [0, 0.05) is 17.6 Å². The Bertz CT molecular complexity index is 598. The van der Waals surface area contributed by atoms with Crippen LogP contribution in [0.15, 0.2) is 30.5 Å². The normalized spacial score (nSPS) is 10.6. The van der Waals surface area contributed by atoms with Gasteiger partial charge < -0.3 is 5.32 Å². The first-order valence-corrected chi connectivity index (χ1v) is 7.11. The minimum atomic E-state index is -0.348. The Morgan fingerprint density at radius 3 is 2.90 bits per heavy atom. The molecule has 6 heteroatoms. The molecule has 2 N–H and O–H groups in total. The summed E-state index contributed by atoms with van der Waals surface area (Å²) in [6.07, 6.45) is 1.76. The molecule has 106 valence electrons. The van der Waals surface area contributed by atoms with Crippen molar-refractivity contribution in [2.24, 2.45) is 0 Å². The van der Waals surface area contributed by atoms with E-state index in [1.165, 1.54) is 23.5 Å². The molecule has 0 saturated carbocycles. The molecule has 4 nitrogen and oxygen atoms in total. The molecule has 1 aromatic heterocycles. The van der Waals surface area contributed by atoms with Crippen LogP contribution in [0.4, 0.5) is 14.3 Å². The SMILES string of the molecule is CC(C)c1cnc(NC(=O)NCc2cccc(F)c2)s1. The van der Waals surface area contributed by atoms with Crippen molar-refractivity contribution in [1.82, 2.24) is 10.3 Å². The van der Waals surface area contributed by atoms with Crippen LogP contribution in [0.2, 0.25) is 0 Å². The van der Waals surface area contributed by atoms with E-state index in [1.807, 2.05) is 0 Å². The van der Waals surface area contributed by atoms with E-state index in [1.54, 1.807) is 18.3 Å². The number of aromatic nitrogens is 1. The molecule has 0 aliphatic carbocycles. The van der Waals surface area contributed by atoms with Gasteiger partial charge in [0.15, 0.2) is 5.13 Å². The first-order valence-electron chi connectivity index (χ1n) is 6.29. The van der Waals surface area contributed by atoms with Crippen molar-refractivity contribution in [2.45, 2.75) is 26.3 Å². The van der Waals surface area contributed by atoms with Crippen LogP contribution in [-0.2, 0) is 6.54 Å². The highest BCUT2D eigenvalue weighted by Gasteiger charge is 2.08.